The van der Waals surface area contributed by atoms with E-state index in [1.165, 1.54) is 17.2 Å². The van der Waals surface area contributed by atoms with Crippen molar-refractivity contribution in [2.75, 3.05) is 6.54 Å². The molecule has 1 aromatic carbocycles. The maximum absolute atomic E-state index is 12.8. The van der Waals surface area contributed by atoms with Gasteiger partial charge in [-0.1, -0.05) is 6.08 Å². The van der Waals surface area contributed by atoms with E-state index in [4.69, 9.17) is 4.74 Å². The van der Waals surface area contributed by atoms with Crippen LogP contribution >= 0.6 is 0 Å². The molecule has 2 aliphatic rings. The first-order valence-electron chi connectivity index (χ1n) is 8.49. The van der Waals surface area contributed by atoms with Crippen LogP contribution < -0.4 is 5.43 Å². The minimum Gasteiger partial charge on any atom is -0.494 e. The summed E-state index contributed by atoms with van der Waals surface area (Å²) in [4.78, 5) is 12.8. The van der Waals surface area contributed by atoms with Gasteiger partial charge in [0.15, 0.2) is 11.9 Å². The third-order valence-corrected chi connectivity index (χ3v) is 4.81. The summed E-state index contributed by atoms with van der Waals surface area (Å²) in [6, 6.07) is 6.78. The van der Waals surface area contributed by atoms with Crippen LogP contribution in [0.4, 0.5) is 0 Å². The molecule has 0 saturated heterocycles. The van der Waals surface area contributed by atoms with Crippen molar-refractivity contribution in [1.29, 1.82) is 5.26 Å². The van der Waals surface area contributed by atoms with Crippen LogP contribution in [0.15, 0.2) is 54.8 Å². The monoisotopic (exact) mass is 367 g/mol. The van der Waals surface area contributed by atoms with Crippen molar-refractivity contribution in [2.45, 2.75) is 26.1 Å². The summed E-state index contributed by atoms with van der Waals surface area (Å²) < 4.78 is 5.99. The van der Waals surface area contributed by atoms with Gasteiger partial charge in [0.25, 0.3) is 0 Å². The topological polar surface area (TPSA) is 106 Å². The van der Waals surface area contributed by atoms with Crippen molar-refractivity contribution >= 4 is 5.78 Å². The Kier molecular flexibility index (Phi) is 4.68. The Balaban J connectivity index is 2.00. The van der Waals surface area contributed by atoms with Crippen LogP contribution in [0.1, 0.15) is 41.4 Å². The van der Waals surface area contributed by atoms with Gasteiger partial charge < -0.3 is 14.9 Å². The molecule has 7 nitrogen and oxygen atoms in total. The Morgan fingerprint density at radius 1 is 1.44 bits per heavy atom. The predicted octanol–water partition coefficient (Wildman–Crippen LogP) is 2.45. The molecule has 27 heavy (non-hydrogen) atoms. The maximum atomic E-state index is 12.8. The van der Waals surface area contributed by atoms with E-state index in [9.17, 15) is 20.3 Å². The molecule has 0 saturated carbocycles. The second-order valence-corrected chi connectivity index (χ2v) is 7.01. The molecule has 1 aliphatic carbocycles. The fraction of sp³-hybridized carbons (Fsp3) is 0.300. The average molecular weight is 367 g/mol. The lowest BCUT2D eigenvalue weighted by Gasteiger charge is -2.41. The average Bonchev–Trinajstić information content (AvgIpc) is 2.66. The highest BCUT2D eigenvalue weighted by atomic mass is 16.5. The quantitative estimate of drug-likeness (QED) is 0.702. The zero-order valence-electron chi connectivity index (χ0n) is 15.1. The lowest BCUT2D eigenvalue weighted by atomic mass is 9.69. The molecule has 0 radical (unpaired) electrons. The van der Waals surface area contributed by atoms with Crippen LogP contribution in [0.5, 0.6) is 0 Å². The first-order chi connectivity index (χ1) is 12.8. The van der Waals surface area contributed by atoms with E-state index in [2.05, 4.69) is 12.0 Å². The number of hydrazine groups is 1. The largest absolute Gasteiger partial charge is 0.494 e. The third kappa shape index (κ3) is 3.15. The molecule has 140 valence electrons. The number of Topliss-reactive ketones (excluding diaryl/α,β-unsaturated/α-hetero) is 1. The third-order valence-electron chi connectivity index (χ3n) is 4.81. The Morgan fingerprint density at radius 3 is 2.85 bits per heavy atom. The first-order valence-corrected chi connectivity index (χ1v) is 8.49. The summed E-state index contributed by atoms with van der Waals surface area (Å²) in [6.45, 7) is 7.28. The van der Waals surface area contributed by atoms with E-state index in [0.717, 1.165) is 0 Å². The molecule has 1 aromatic rings. The van der Waals surface area contributed by atoms with Crippen LogP contribution in [0.2, 0.25) is 0 Å². The minimum atomic E-state index is -1.12. The van der Waals surface area contributed by atoms with Crippen molar-refractivity contribution in [3.05, 3.63) is 71.5 Å². The van der Waals surface area contributed by atoms with E-state index in [1.807, 2.05) is 6.07 Å². The normalized spacial score (nSPS) is 23.3. The molecule has 1 aliphatic heterocycles. The fourth-order valence-corrected chi connectivity index (χ4v) is 3.17. The molecule has 0 fully saturated rings. The van der Waals surface area contributed by atoms with Crippen LogP contribution in [0.25, 0.3) is 0 Å². The second-order valence-electron chi connectivity index (χ2n) is 7.01. The Hall–Kier alpha value is -3.24. The van der Waals surface area contributed by atoms with E-state index in [0.29, 0.717) is 23.2 Å². The lowest BCUT2D eigenvalue weighted by molar-refractivity contribution is -0.0725. The maximum Gasteiger partial charge on any atom is 0.206 e. The molecule has 1 heterocycles. The van der Waals surface area contributed by atoms with E-state index in [-0.39, 0.29) is 17.5 Å². The van der Waals surface area contributed by atoms with Gasteiger partial charge in [0.2, 0.25) is 11.8 Å². The number of aliphatic hydroxyl groups is 2. The number of hydrogen-bond acceptors (Lipinski definition) is 7. The number of carbonyl (C=O) groups excluding carboxylic acids is 1. The van der Waals surface area contributed by atoms with Crippen molar-refractivity contribution in [2.24, 2.45) is 5.41 Å². The smallest absolute Gasteiger partial charge is 0.206 e. The summed E-state index contributed by atoms with van der Waals surface area (Å²) in [6.07, 6.45) is 2.60. The Bertz CT molecular complexity index is 895. The number of aliphatic hydroxyl groups excluding tert-OH is 2. The fourth-order valence-electron chi connectivity index (χ4n) is 3.17. The number of benzene rings is 1. The van der Waals surface area contributed by atoms with Gasteiger partial charge in [0.05, 0.1) is 23.6 Å². The second kappa shape index (κ2) is 6.82. The van der Waals surface area contributed by atoms with Crippen molar-refractivity contribution in [3.8, 4) is 6.07 Å². The molecule has 7 heteroatoms. The Labute approximate surface area is 157 Å². The molecule has 3 rings (SSSR count). The Morgan fingerprint density at radius 2 is 2.19 bits per heavy atom. The van der Waals surface area contributed by atoms with E-state index in [1.54, 1.807) is 38.1 Å². The summed E-state index contributed by atoms with van der Waals surface area (Å²) in [5, 5.41) is 31.3. The van der Waals surface area contributed by atoms with Crippen LogP contribution in [0.3, 0.4) is 0 Å². The number of hydrogen-bond donors (Lipinski definition) is 3. The SMILES string of the molecule is C=CCN1NC(O[C@H]2c3cc(C#N)ccc3C(=O)C(C)(C)[C@@H]2O)=CC=C1O. The molecule has 3 N–H and O–H groups in total. The predicted molar refractivity (Wildman–Crippen MR) is 97.9 cm³/mol. The van der Waals surface area contributed by atoms with E-state index >= 15 is 0 Å². The van der Waals surface area contributed by atoms with Crippen LogP contribution in [0, 0.1) is 16.7 Å². The van der Waals surface area contributed by atoms with Gasteiger partial charge in [-0.05, 0) is 32.0 Å². The van der Waals surface area contributed by atoms with Crippen molar-refractivity contribution in [1.82, 2.24) is 10.4 Å². The molecular weight excluding hydrogens is 346 g/mol. The number of ether oxygens (including phenoxy) is 1. The van der Waals surface area contributed by atoms with Gasteiger partial charge in [-0.25, -0.2) is 0 Å². The number of nitriles is 1. The summed E-state index contributed by atoms with van der Waals surface area (Å²) in [7, 11) is 0. The number of nitrogens with zero attached hydrogens (tertiary/aromatic N) is 2. The molecule has 0 bridgehead atoms. The van der Waals surface area contributed by atoms with Crippen molar-refractivity contribution in [3.63, 3.8) is 0 Å². The number of allylic oxidation sites excluding steroid dienone is 2. The van der Waals surface area contributed by atoms with Crippen molar-refractivity contribution < 1.29 is 19.7 Å². The molecule has 0 amide bonds. The molecule has 0 aromatic heterocycles. The zero-order valence-corrected chi connectivity index (χ0v) is 15.1. The first kappa shape index (κ1) is 18.5. The number of nitrogens with one attached hydrogen (secondary N) is 1. The highest BCUT2D eigenvalue weighted by Gasteiger charge is 2.48. The van der Waals surface area contributed by atoms with Gasteiger partial charge in [-0.3, -0.25) is 15.2 Å². The number of carbonyl (C=O) groups is 1. The van der Waals surface area contributed by atoms with Gasteiger partial charge in [0, 0.05) is 23.3 Å². The molecule has 0 spiro atoms. The number of ketones is 1. The van der Waals surface area contributed by atoms with Gasteiger partial charge in [-0.15, -0.1) is 6.58 Å². The minimum absolute atomic E-state index is 0.00545. The summed E-state index contributed by atoms with van der Waals surface area (Å²) in [5.41, 5.74) is 3.09. The summed E-state index contributed by atoms with van der Waals surface area (Å²) in [5.74, 6) is 0.0806. The molecular formula is C20H21N3O4. The van der Waals surface area contributed by atoms with Crippen LogP contribution in [-0.4, -0.2) is 33.7 Å². The molecule has 2 atom stereocenters. The summed E-state index contributed by atoms with van der Waals surface area (Å²) >= 11 is 0. The number of rotatable bonds is 4. The zero-order chi connectivity index (χ0) is 19.8. The lowest BCUT2D eigenvalue weighted by Crippen LogP contribution is -2.48. The van der Waals surface area contributed by atoms with Gasteiger partial charge in [-0.2, -0.15) is 5.26 Å². The highest BCUT2D eigenvalue weighted by molar-refractivity contribution is 6.03. The number of fused-ring (bicyclic) bond motifs is 1. The highest BCUT2D eigenvalue weighted by Crippen LogP contribution is 2.43. The molecule has 0 unspecified atom stereocenters. The van der Waals surface area contributed by atoms with Gasteiger partial charge >= 0.3 is 0 Å². The standard InChI is InChI=1S/C20H21N3O4/c1-4-9-23-16(24)8-7-15(22-23)27-17-14-10-12(11-21)5-6-13(14)18(25)20(2,3)19(17)26/h4-8,10,17,19,22,24,26H,1,9H2,2-3H3/t17-,19+/m0/s1. The van der Waals surface area contributed by atoms with Gasteiger partial charge in [0.1, 0.15) is 6.10 Å². The van der Waals surface area contributed by atoms with Crippen LogP contribution in [-0.2, 0) is 4.74 Å². The van der Waals surface area contributed by atoms with E-state index < -0.39 is 17.6 Å².